The summed E-state index contributed by atoms with van der Waals surface area (Å²) >= 11 is 0. The number of carbonyl (C=O) groups is 5. The van der Waals surface area contributed by atoms with Crippen LogP contribution < -0.4 is 10.6 Å². The van der Waals surface area contributed by atoms with Gasteiger partial charge in [-0.05, 0) is 57.6 Å². The first-order valence-corrected chi connectivity index (χ1v) is 14.9. The molecular weight excluding hydrogens is 584 g/mol. The van der Waals surface area contributed by atoms with E-state index >= 15 is 0 Å². The molecular formula is C33H42N2O10. The first-order valence-electron chi connectivity index (χ1n) is 14.9. The number of benzene rings is 2. The lowest BCUT2D eigenvalue weighted by Gasteiger charge is -2.41. The second-order valence-corrected chi connectivity index (χ2v) is 11.7. The normalized spacial score (nSPS) is 18.4. The average molecular weight is 627 g/mol. The molecule has 1 aliphatic carbocycles. The second kappa shape index (κ2) is 16.5. The monoisotopic (exact) mass is 626 g/mol. The summed E-state index contributed by atoms with van der Waals surface area (Å²) < 4.78 is 26.8. The number of esters is 3. The number of alkyl carbamates (subject to hydrolysis) is 2. The molecule has 0 saturated heterocycles. The lowest BCUT2D eigenvalue weighted by atomic mass is 9.79. The van der Waals surface area contributed by atoms with Crippen LogP contribution in [0.3, 0.4) is 0 Å². The minimum absolute atomic E-state index is 0.0430. The summed E-state index contributed by atoms with van der Waals surface area (Å²) in [7, 11) is 1.17. The Morgan fingerprint density at radius 3 is 2.04 bits per heavy atom. The fourth-order valence-corrected chi connectivity index (χ4v) is 4.85. The molecule has 1 aliphatic rings. The molecule has 1 fully saturated rings. The van der Waals surface area contributed by atoms with E-state index in [-0.39, 0.29) is 38.9 Å². The van der Waals surface area contributed by atoms with E-state index in [4.69, 9.17) is 23.7 Å². The van der Waals surface area contributed by atoms with E-state index in [1.807, 2.05) is 24.3 Å². The number of nitrogens with one attached hydrogen (secondary N) is 2. The third kappa shape index (κ3) is 11.1. The van der Waals surface area contributed by atoms with Crippen LogP contribution in [0.1, 0.15) is 70.4 Å². The van der Waals surface area contributed by atoms with Crippen LogP contribution in [0.5, 0.6) is 0 Å². The van der Waals surface area contributed by atoms with Crippen molar-refractivity contribution in [2.24, 2.45) is 0 Å². The molecule has 3 rings (SSSR count). The predicted molar refractivity (Wildman–Crippen MR) is 161 cm³/mol. The van der Waals surface area contributed by atoms with E-state index in [0.29, 0.717) is 12.8 Å². The van der Waals surface area contributed by atoms with Crippen LogP contribution in [-0.2, 0) is 51.3 Å². The zero-order valence-electron chi connectivity index (χ0n) is 26.2. The molecule has 0 radical (unpaired) electrons. The highest BCUT2D eigenvalue weighted by atomic mass is 16.6. The average Bonchev–Trinajstić information content (AvgIpc) is 3.01. The van der Waals surface area contributed by atoms with Crippen molar-refractivity contribution in [1.29, 1.82) is 0 Å². The molecule has 0 spiro atoms. The van der Waals surface area contributed by atoms with Crippen LogP contribution in [0, 0.1) is 0 Å². The molecule has 0 bridgehead atoms. The minimum atomic E-state index is -1.72. The fraction of sp³-hybridized carbons (Fsp3) is 0.485. The maximum Gasteiger partial charge on any atom is 0.408 e. The van der Waals surface area contributed by atoms with Crippen LogP contribution in [0.2, 0.25) is 0 Å². The van der Waals surface area contributed by atoms with Gasteiger partial charge >= 0.3 is 30.1 Å². The maximum absolute atomic E-state index is 13.6. The number of ether oxygens (including phenoxy) is 5. The van der Waals surface area contributed by atoms with Crippen molar-refractivity contribution in [3.05, 3.63) is 71.8 Å². The Morgan fingerprint density at radius 2 is 1.47 bits per heavy atom. The van der Waals surface area contributed by atoms with Gasteiger partial charge < -0.3 is 34.3 Å². The molecule has 244 valence electrons. The largest absolute Gasteiger partial charge is 0.467 e. The smallest absolute Gasteiger partial charge is 0.408 e. The van der Waals surface area contributed by atoms with Crippen LogP contribution in [-0.4, -0.2) is 60.5 Å². The quantitative estimate of drug-likeness (QED) is 0.250. The predicted octanol–water partition coefficient (Wildman–Crippen LogP) is 4.73. The summed E-state index contributed by atoms with van der Waals surface area (Å²) in [5.41, 5.74) is -1.06. The molecule has 2 aromatic rings. The van der Waals surface area contributed by atoms with Crippen LogP contribution >= 0.6 is 0 Å². The highest BCUT2D eigenvalue weighted by molar-refractivity contribution is 5.88. The summed E-state index contributed by atoms with van der Waals surface area (Å²) in [6.07, 6.45) is -1.85. The van der Waals surface area contributed by atoms with Gasteiger partial charge in [-0.2, -0.15) is 0 Å². The van der Waals surface area contributed by atoms with Crippen LogP contribution in [0.4, 0.5) is 9.59 Å². The van der Waals surface area contributed by atoms with E-state index in [0.717, 1.165) is 11.1 Å². The highest BCUT2D eigenvalue weighted by Gasteiger charge is 2.53. The Balaban J connectivity index is 1.74. The lowest BCUT2D eigenvalue weighted by molar-refractivity contribution is -0.170. The van der Waals surface area contributed by atoms with E-state index in [1.165, 1.54) is 7.11 Å². The minimum Gasteiger partial charge on any atom is -0.467 e. The van der Waals surface area contributed by atoms with Crippen LogP contribution in [0.15, 0.2) is 60.7 Å². The first kappa shape index (κ1) is 34.9. The van der Waals surface area contributed by atoms with Gasteiger partial charge in [0.1, 0.15) is 31.0 Å². The molecule has 1 saturated carbocycles. The Labute approximate surface area is 263 Å². The van der Waals surface area contributed by atoms with Crippen molar-refractivity contribution in [1.82, 2.24) is 10.6 Å². The fourth-order valence-electron chi connectivity index (χ4n) is 4.85. The van der Waals surface area contributed by atoms with Crippen molar-refractivity contribution < 1.29 is 47.7 Å². The molecule has 0 unspecified atom stereocenters. The summed E-state index contributed by atoms with van der Waals surface area (Å²) in [5.74, 6) is -2.32. The van der Waals surface area contributed by atoms with E-state index in [2.05, 4.69) is 10.6 Å². The zero-order chi connectivity index (χ0) is 32.9. The third-order valence-corrected chi connectivity index (χ3v) is 7.04. The van der Waals surface area contributed by atoms with Gasteiger partial charge in [0, 0.05) is 6.42 Å². The number of hydrogen-bond donors (Lipinski definition) is 2. The summed E-state index contributed by atoms with van der Waals surface area (Å²) in [6.45, 7) is 5.01. The number of rotatable bonds is 12. The molecule has 0 heterocycles. The number of hydrogen-bond acceptors (Lipinski definition) is 10. The second-order valence-electron chi connectivity index (χ2n) is 11.7. The van der Waals surface area contributed by atoms with Crippen molar-refractivity contribution in [2.45, 2.75) is 95.8 Å². The molecule has 0 aromatic heterocycles. The summed E-state index contributed by atoms with van der Waals surface area (Å²) in [6, 6.07) is 16.7. The van der Waals surface area contributed by atoms with Crippen LogP contribution in [0.25, 0.3) is 0 Å². The van der Waals surface area contributed by atoms with Gasteiger partial charge in [-0.3, -0.25) is 4.79 Å². The van der Waals surface area contributed by atoms with Gasteiger partial charge in [-0.15, -0.1) is 0 Å². The highest BCUT2D eigenvalue weighted by Crippen LogP contribution is 2.33. The number of methoxy groups -OCH3 is 1. The first-order chi connectivity index (χ1) is 21.4. The SMILES string of the molecule is COC(=O)[C@@]1(NC(=O)OC(C)(C)C)CCCC[C@@H]1OC(=O)[C@H](CCC(=O)OCc1ccccc1)NC(=O)OCc1ccccc1. The Kier molecular flexibility index (Phi) is 12.8. The van der Waals surface area contributed by atoms with Crippen molar-refractivity contribution in [2.75, 3.05) is 7.11 Å². The summed E-state index contributed by atoms with van der Waals surface area (Å²) in [4.78, 5) is 64.8. The zero-order valence-corrected chi connectivity index (χ0v) is 26.2. The maximum atomic E-state index is 13.6. The molecule has 2 aromatic carbocycles. The van der Waals surface area contributed by atoms with E-state index < -0.39 is 53.4 Å². The molecule has 2 N–H and O–H groups in total. The van der Waals surface area contributed by atoms with Crippen molar-refractivity contribution in [3.8, 4) is 0 Å². The molecule has 3 atom stereocenters. The third-order valence-electron chi connectivity index (χ3n) is 7.04. The summed E-state index contributed by atoms with van der Waals surface area (Å²) in [5, 5.41) is 5.07. The topological polar surface area (TPSA) is 156 Å². The van der Waals surface area contributed by atoms with Gasteiger partial charge in [0.05, 0.1) is 7.11 Å². The Hall–Kier alpha value is -4.61. The van der Waals surface area contributed by atoms with Gasteiger partial charge in [-0.1, -0.05) is 67.1 Å². The number of carbonyl (C=O) groups excluding carboxylic acids is 5. The van der Waals surface area contributed by atoms with Crippen molar-refractivity contribution in [3.63, 3.8) is 0 Å². The van der Waals surface area contributed by atoms with Gasteiger partial charge in [0.15, 0.2) is 5.54 Å². The van der Waals surface area contributed by atoms with Gasteiger partial charge in [0.25, 0.3) is 0 Å². The molecule has 0 aliphatic heterocycles. The van der Waals surface area contributed by atoms with Crippen molar-refractivity contribution >= 4 is 30.1 Å². The van der Waals surface area contributed by atoms with Gasteiger partial charge in [-0.25, -0.2) is 19.2 Å². The lowest BCUT2D eigenvalue weighted by Crippen LogP contribution is -2.65. The molecule has 2 amide bonds. The Bertz CT molecular complexity index is 1300. The molecule has 45 heavy (non-hydrogen) atoms. The van der Waals surface area contributed by atoms with Gasteiger partial charge in [0.2, 0.25) is 0 Å². The standard InChI is InChI=1S/C33H42N2O10/c1-32(2,3)45-31(40)35-33(29(38)41-4)20-12-11-17-26(33)44-28(37)25(34-30(39)43-22-24-15-9-6-10-16-24)18-19-27(36)42-21-23-13-7-5-8-14-23/h5-10,13-16,25-26H,11-12,17-22H2,1-4H3,(H,34,39)(H,35,40)/t25-,26-,33+/m0/s1. The van der Waals surface area contributed by atoms with E-state index in [1.54, 1.807) is 57.2 Å². The van der Waals surface area contributed by atoms with E-state index in [9.17, 15) is 24.0 Å². The Morgan fingerprint density at radius 1 is 0.867 bits per heavy atom. The molecule has 12 nitrogen and oxygen atoms in total. The molecule has 12 heteroatoms. The number of amides is 2.